The van der Waals surface area contributed by atoms with Crippen LogP contribution < -0.4 is 10.2 Å². The van der Waals surface area contributed by atoms with Crippen molar-refractivity contribution < 1.29 is 5.11 Å². The second kappa shape index (κ2) is 3.83. The highest BCUT2D eigenvalue weighted by atomic mass is 16.3. The van der Waals surface area contributed by atoms with E-state index in [0.717, 1.165) is 18.8 Å². The lowest BCUT2D eigenvalue weighted by atomic mass is 9.91. The first kappa shape index (κ1) is 10.8. The van der Waals surface area contributed by atoms with E-state index in [1.807, 2.05) is 12.1 Å². The zero-order chi connectivity index (χ0) is 11.9. The van der Waals surface area contributed by atoms with Crippen molar-refractivity contribution >= 4 is 11.4 Å². The van der Waals surface area contributed by atoms with E-state index in [-0.39, 0.29) is 0 Å². The van der Waals surface area contributed by atoms with Gasteiger partial charge in [0.1, 0.15) is 5.75 Å². The van der Waals surface area contributed by atoms with Gasteiger partial charge in [-0.1, -0.05) is 12.8 Å². The second-order valence-electron chi connectivity index (χ2n) is 5.23. The third kappa shape index (κ3) is 1.56. The summed E-state index contributed by atoms with van der Waals surface area (Å²) in [5.74, 6) is 0.342. The maximum atomic E-state index is 9.55. The first-order chi connectivity index (χ1) is 8.25. The van der Waals surface area contributed by atoms with Crippen LogP contribution in [0.2, 0.25) is 0 Å². The van der Waals surface area contributed by atoms with Crippen LogP contribution in [0, 0.1) is 0 Å². The van der Waals surface area contributed by atoms with Crippen molar-refractivity contribution in [2.45, 2.75) is 38.1 Å². The molecule has 3 heteroatoms. The highest BCUT2D eigenvalue weighted by molar-refractivity contribution is 5.75. The van der Waals surface area contributed by atoms with Gasteiger partial charge in [0.15, 0.2) is 0 Å². The minimum absolute atomic E-state index is 0.318. The normalized spacial score (nSPS) is 21.4. The highest BCUT2D eigenvalue weighted by Gasteiger charge is 2.42. The molecule has 2 N–H and O–H groups in total. The third-order valence-electron chi connectivity index (χ3n) is 4.30. The number of anilines is 2. The molecule has 3 nitrogen and oxygen atoms in total. The van der Waals surface area contributed by atoms with Gasteiger partial charge in [-0.25, -0.2) is 0 Å². The first-order valence-electron chi connectivity index (χ1n) is 6.60. The quantitative estimate of drug-likeness (QED) is 0.781. The Morgan fingerprint density at radius 2 is 2.12 bits per heavy atom. The Kier molecular flexibility index (Phi) is 2.42. The smallest absolute Gasteiger partial charge is 0.117 e. The summed E-state index contributed by atoms with van der Waals surface area (Å²) in [6, 6.07) is 5.66. The molecule has 1 aliphatic carbocycles. The van der Waals surface area contributed by atoms with Crippen LogP contribution in [0.5, 0.6) is 5.75 Å². The fourth-order valence-corrected chi connectivity index (χ4v) is 3.50. The lowest BCUT2D eigenvalue weighted by Crippen LogP contribution is -2.54. The van der Waals surface area contributed by atoms with Gasteiger partial charge in [-0.3, -0.25) is 0 Å². The summed E-state index contributed by atoms with van der Waals surface area (Å²) in [6.07, 6.45) is 5.25. The molecule has 0 aromatic heterocycles. The monoisotopic (exact) mass is 232 g/mol. The Morgan fingerprint density at radius 1 is 1.35 bits per heavy atom. The van der Waals surface area contributed by atoms with Crippen LogP contribution in [0.15, 0.2) is 18.2 Å². The van der Waals surface area contributed by atoms with Gasteiger partial charge in [-0.2, -0.15) is 0 Å². The summed E-state index contributed by atoms with van der Waals surface area (Å²) >= 11 is 0. The number of fused-ring (bicyclic) bond motifs is 1. The molecule has 1 fully saturated rings. The topological polar surface area (TPSA) is 35.5 Å². The summed E-state index contributed by atoms with van der Waals surface area (Å²) in [6.45, 7) is 4.28. The number of nitrogens with one attached hydrogen (secondary N) is 1. The Bertz CT molecular complexity index is 424. The number of hydrogen-bond donors (Lipinski definition) is 2. The van der Waals surface area contributed by atoms with E-state index in [4.69, 9.17) is 0 Å². The zero-order valence-corrected chi connectivity index (χ0v) is 10.4. The molecule has 2 aliphatic rings. The first-order valence-corrected chi connectivity index (χ1v) is 6.60. The number of aromatic hydroxyl groups is 1. The van der Waals surface area contributed by atoms with Crippen molar-refractivity contribution in [3.63, 3.8) is 0 Å². The number of phenolic OH excluding ortho intramolecular Hbond substituents is 1. The van der Waals surface area contributed by atoms with Crippen LogP contribution >= 0.6 is 0 Å². The van der Waals surface area contributed by atoms with Gasteiger partial charge in [-0.05, 0) is 31.9 Å². The number of phenols is 1. The van der Waals surface area contributed by atoms with Crippen LogP contribution in [-0.2, 0) is 0 Å². The van der Waals surface area contributed by atoms with Gasteiger partial charge in [0.2, 0.25) is 0 Å². The van der Waals surface area contributed by atoms with E-state index < -0.39 is 0 Å². The number of nitrogens with zero attached hydrogens (tertiary/aromatic N) is 1. The number of hydrogen-bond acceptors (Lipinski definition) is 3. The van der Waals surface area contributed by atoms with Crippen LogP contribution in [-0.4, -0.2) is 23.7 Å². The van der Waals surface area contributed by atoms with E-state index in [0.29, 0.717) is 11.3 Å². The van der Waals surface area contributed by atoms with Gasteiger partial charge in [0, 0.05) is 19.2 Å². The lowest BCUT2D eigenvalue weighted by molar-refractivity contribution is 0.411. The molecule has 0 amide bonds. The number of rotatable bonds is 1. The minimum Gasteiger partial charge on any atom is -0.508 e. The van der Waals surface area contributed by atoms with E-state index in [1.54, 1.807) is 6.07 Å². The molecular formula is C14H20N2O. The highest BCUT2D eigenvalue weighted by Crippen LogP contribution is 2.44. The summed E-state index contributed by atoms with van der Waals surface area (Å²) in [5, 5.41) is 13.0. The molecule has 1 saturated carbocycles. The van der Waals surface area contributed by atoms with Crippen molar-refractivity contribution in [3.8, 4) is 5.75 Å². The molecule has 1 aromatic carbocycles. The predicted molar refractivity (Wildman–Crippen MR) is 70.8 cm³/mol. The van der Waals surface area contributed by atoms with E-state index in [2.05, 4.69) is 17.1 Å². The Labute approximate surface area is 102 Å². The van der Waals surface area contributed by atoms with Gasteiger partial charge in [0.05, 0.1) is 16.9 Å². The lowest BCUT2D eigenvalue weighted by Gasteiger charge is -2.47. The van der Waals surface area contributed by atoms with E-state index >= 15 is 0 Å². The molecule has 0 atom stereocenters. The molecule has 3 rings (SSSR count). The maximum Gasteiger partial charge on any atom is 0.117 e. The average Bonchev–Trinajstić information content (AvgIpc) is 2.79. The number of benzene rings is 1. The fourth-order valence-electron chi connectivity index (χ4n) is 3.50. The Balaban J connectivity index is 2.03. The molecule has 1 heterocycles. The molecule has 1 spiro atoms. The van der Waals surface area contributed by atoms with Gasteiger partial charge in [-0.15, -0.1) is 0 Å². The van der Waals surface area contributed by atoms with Crippen molar-refractivity contribution in [2.75, 3.05) is 23.3 Å². The third-order valence-corrected chi connectivity index (χ3v) is 4.30. The van der Waals surface area contributed by atoms with Crippen LogP contribution in [0.3, 0.4) is 0 Å². The van der Waals surface area contributed by atoms with E-state index in [9.17, 15) is 5.11 Å². The van der Waals surface area contributed by atoms with Crippen molar-refractivity contribution in [1.82, 2.24) is 0 Å². The van der Waals surface area contributed by atoms with Crippen LogP contribution in [0.4, 0.5) is 11.4 Å². The molecule has 0 saturated heterocycles. The number of likely N-dealkylation sites (N-methyl/N-ethyl adjacent to an activating group) is 1. The molecule has 1 aromatic rings. The summed E-state index contributed by atoms with van der Waals surface area (Å²) in [7, 11) is 0. The maximum absolute atomic E-state index is 9.55. The van der Waals surface area contributed by atoms with Gasteiger partial charge in [0.25, 0.3) is 0 Å². The molecule has 0 radical (unpaired) electrons. The molecule has 17 heavy (non-hydrogen) atoms. The zero-order valence-electron chi connectivity index (χ0n) is 10.4. The summed E-state index contributed by atoms with van der Waals surface area (Å²) in [5.41, 5.74) is 2.64. The van der Waals surface area contributed by atoms with Crippen molar-refractivity contribution in [3.05, 3.63) is 18.2 Å². The standard InChI is InChI=1S/C14H20N2O/c1-2-16-13-6-5-11(17)9-12(13)15-10-14(16)7-3-4-8-14/h5-6,9,15,17H,2-4,7-8,10H2,1H3. The minimum atomic E-state index is 0.318. The second-order valence-corrected chi connectivity index (χ2v) is 5.23. The molecule has 1 aliphatic heterocycles. The Hall–Kier alpha value is -1.38. The van der Waals surface area contributed by atoms with Gasteiger partial charge < -0.3 is 15.3 Å². The van der Waals surface area contributed by atoms with E-state index in [1.165, 1.54) is 31.4 Å². The molecular weight excluding hydrogens is 212 g/mol. The van der Waals surface area contributed by atoms with Crippen molar-refractivity contribution in [2.24, 2.45) is 0 Å². The van der Waals surface area contributed by atoms with Crippen LogP contribution in [0.25, 0.3) is 0 Å². The van der Waals surface area contributed by atoms with Crippen LogP contribution in [0.1, 0.15) is 32.6 Å². The fraction of sp³-hybridized carbons (Fsp3) is 0.571. The van der Waals surface area contributed by atoms with Gasteiger partial charge >= 0.3 is 0 Å². The molecule has 0 bridgehead atoms. The average molecular weight is 232 g/mol. The summed E-state index contributed by atoms with van der Waals surface area (Å²) < 4.78 is 0. The summed E-state index contributed by atoms with van der Waals surface area (Å²) in [4.78, 5) is 2.53. The van der Waals surface area contributed by atoms with Crippen molar-refractivity contribution in [1.29, 1.82) is 0 Å². The molecule has 92 valence electrons. The Morgan fingerprint density at radius 3 is 2.82 bits per heavy atom. The largest absolute Gasteiger partial charge is 0.508 e. The SMILES string of the molecule is CCN1c2ccc(O)cc2NCC12CCCC2. The molecule has 0 unspecified atom stereocenters. The predicted octanol–water partition coefficient (Wildman–Crippen LogP) is 2.96.